The van der Waals surface area contributed by atoms with Crippen LogP contribution in [0.15, 0.2) is 23.4 Å². The number of nitrogens with zero attached hydrogens (tertiary/aromatic N) is 3. The fraction of sp³-hybridized carbons (Fsp3) is 0.550. The van der Waals surface area contributed by atoms with Crippen molar-refractivity contribution < 1.29 is 18.0 Å². The van der Waals surface area contributed by atoms with Gasteiger partial charge in [0.1, 0.15) is 5.54 Å². The number of carbonyl (C=O) groups excluding carboxylic acids is 1. The predicted molar refractivity (Wildman–Crippen MR) is 107 cm³/mol. The Morgan fingerprint density at radius 2 is 2.00 bits per heavy atom. The smallest absolute Gasteiger partial charge is 0.337 e. The first-order valence-corrected chi connectivity index (χ1v) is 10.3. The largest absolute Gasteiger partial charge is 0.416 e. The molecule has 5 nitrogen and oxygen atoms in total. The number of rotatable bonds is 7. The molecule has 0 bridgehead atoms. The molecule has 1 aromatic carbocycles. The fourth-order valence-electron chi connectivity index (χ4n) is 2.68. The maximum absolute atomic E-state index is 13.1. The number of carbonyl (C=O) groups is 1. The highest BCUT2D eigenvalue weighted by Crippen LogP contribution is 2.34. The van der Waals surface area contributed by atoms with E-state index in [2.05, 4.69) is 16.4 Å². The van der Waals surface area contributed by atoms with Crippen LogP contribution in [0.3, 0.4) is 0 Å². The molecule has 2 rings (SSSR count). The maximum Gasteiger partial charge on any atom is 0.416 e. The van der Waals surface area contributed by atoms with Crippen LogP contribution in [-0.2, 0) is 17.5 Å². The van der Waals surface area contributed by atoms with Crippen LogP contribution < -0.4 is 5.32 Å². The lowest BCUT2D eigenvalue weighted by Gasteiger charge is -2.28. The summed E-state index contributed by atoms with van der Waals surface area (Å²) in [6.45, 7) is 9.45. The molecule has 0 unspecified atom stereocenters. The summed E-state index contributed by atoms with van der Waals surface area (Å²) in [5.41, 5.74) is -0.894. The van der Waals surface area contributed by atoms with Gasteiger partial charge in [-0.25, -0.2) is 4.98 Å². The van der Waals surface area contributed by atoms with Crippen LogP contribution in [0.25, 0.3) is 11.0 Å². The lowest BCUT2D eigenvalue weighted by molar-refractivity contribution is -0.137. The van der Waals surface area contributed by atoms with Crippen molar-refractivity contribution in [3.63, 3.8) is 0 Å². The number of nitriles is 1. The molecule has 0 aliphatic rings. The molecule has 0 aliphatic carbocycles. The van der Waals surface area contributed by atoms with Crippen molar-refractivity contribution in [2.75, 3.05) is 0 Å². The van der Waals surface area contributed by atoms with Gasteiger partial charge in [-0.1, -0.05) is 32.5 Å². The molecule has 0 aliphatic heterocycles. The normalized spacial score (nSPS) is 15.2. The third kappa shape index (κ3) is 5.04. The van der Waals surface area contributed by atoms with Gasteiger partial charge in [0, 0.05) is 6.54 Å². The molecule has 0 fully saturated rings. The van der Waals surface area contributed by atoms with E-state index < -0.39 is 22.5 Å². The molecule has 1 N–H and O–H groups in total. The van der Waals surface area contributed by atoms with Crippen LogP contribution in [-0.4, -0.2) is 26.2 Å². The van der Waals surface area contributed by atoms with E-state index in [0.717, 1.165) is 12.1 Å². The number of aromatic nitrogens is 2. The fourth-order valence-corrected chi connectivity index (χ4v) is 3.63. The van der Waals surface area contributed by atoms with Gasteiger partial charge in [0.25, 0.3) is 0 Å². The minimum absolute atomic E-state index is 0.0842. The lowest BCUT2D eigenvalue weighted by atomic mass is 9.90. The molecule has 2 atom stereocenters. The van der Waals surface area contributed by atoms with Gasteiger partial charge in [0.2, 0.25) is 5.91 Å². The SMILES string of the molecule is CCCn1c(S[C@@H](C)C(=O)N[C@](C)(C#N)C(C)C)nc2ccc(C(F)(F)F)cc21. The summed E-state index contributed by atoms with van der Waals surface area (Å²) in [6.07, 6.45) is -3.73. The molecule has 9 heteroatoms. The van der Waals surface area contributed by atoms with Crippen LogP contribution >= 0.6 is 11.8 Å². The predicted octanol–water partition coefficient (Wildman–Crippen LogP) is 5.00. The van der Waals surface area contributed by atoms with Gasteiger partial charge in [-0.2, -0.15) is 18.4 Å². The van der Waals surface area contributed by atoms with Crippen molar-refractivity contribution in [1.82, 2.24) is 14.9 Å². The Kier molecular flexibility index (Phi) is 6.89. The minimum atomic E-state index is -4.44. The van der Waals surface area contributed by atoms with E-state index in [1.807, 2.05) is 20.8 Å². The molecule has 1 amide bonds. The molecule has 29 heavy (non-hydrogen) atoms. The summed E-state index contributed by atoms with van der Waals surface area (Å²) in [7, 11) is 0. The van der Waals surface area contributed by atoms with Gasteiger partial charge >= 0.3 is 6.18 Å². The molecular weight excluding hydrogens is 401 g/mol. The highest BCUT2D eigenvalue weighted by molar-refractivity contribution is 8.00. The third-order valence-electron chi connectivity index (χ3n) is 4.91. The molecule has 2 aromatic rings. The van der Waals surface area contributed by atoms with E-state index in [1.165, 1.54) is 17.8 Å². The summed E-state index contributed by atoms with van der Waals surface area (Å²) in [4.78, 5) is 17.1. The Bertz CT molecular complexity index is 932. The van der Waals surface area contributed by atoms with Crippen LogP contribution in [0.4, 0.5) is 13.2 Å². The Morgan fingerprint density at radius 3 is 2.52 bits per heavy atom. The number of fused-ring (bicyclic) bond motifs is 1. The Morgan fingerprint density at radius 1 is 1.34 bits per heavy atom. The second-order valence-electron chi connectivity index (χ2n) is 7.47. The Labute approximate surface area is 172 Å². The van der Waals surface area contributed by atoms with Crippen LogP contribution in [0.1, 0.15) is 46.6 Å². The van der Waals surface area contributed by atoms with Gasteiger partial charge in [-0.05, 0) is 44.4 Å². The van der Waals surface area contributed by atoms with Crippen molar-refractivity contribution in [3.05, 3.63) is 23.8 Å². The summed E-state index contributed by atoms with van der Waals surface area (Å²) in [6, 6.07) is 5.59. The zero-order chi connectivity index (χ0) is 22.0. The topological polar surface area (TPSA) is 70.7 Å². The highest BCUT2D eigenvalue weighted by Gasteiger charge is 2.33. The molecule has 0 radical (unpaired) electrons. The number of aryl methyl sites for hydroxylation is 1. The standard InChI is InChI=1S/C20H25F3N4OS/c1-6-9-27-16-10-14(20(21,22)23)7-8-15(16)25-18(27)29-13(4)17(28)26-19(5,11-24)12(2)3/h7-8,10,12-13H,6,9H2,1-5H3,(H,26,28)/t13-,19+/m0/s1. The Hall–Kier alpha value is -2.21. The molecule has 1 heterocycles. The van der Waals surface area contributed by atoms with Crippen molar-refractivity contribution >= 4 is 28.7 Å². The number of thioether (sulfide) groups is 1. The van der Waals surface area contributed by atoms with E-state index in [-0.39, 0.29) is 11.8 Å². The van der Waals surface area contributed by atoms with Crippen LogP contribution in [0, 0.1) is 17.2 Å². The average Bonchev–Trinajstić information content (AvgIpc) is 2.97. The molecular formula is C20H25F3N4OS. The van der Waals surface area contributed by atoms with Crippen molar-refractivity contribution in [2.24, 2.45) is 5.92 Å². The Balaban J connectivity index is 2.34. The van der Waals surface area contributed by atoms with Crippen LogP contribution in [0.2, 0.25) is 0 Å². The monoisotopic (exact) mass is 426 g/mol. The average molecular weight is 427 g/mol. The van der Waals surface area contributed by atoms with E-state index in [1.54, 1.807) is 18.4 Å². The maximum atomic E-state index is 13.1. The number of amides is 1. The number of benzene rings is 1. The van der Waals surface area contributed by atoms with Crippen molar-refractivity contribution in [3.8, 4) is 6.07 Å². The number of imidazole rings is 1. The number of nitrogens with one attached hydrogen (secondary N) is 1. The first kappa shape index (κ1) is 23.1. The molecule has 0 spiro atoms. The number of halogens is 3. The van der Waals surface area contributed by atoms with E-state index in [0.29, 0.717) is 29.2 Å². The first-order valence-electron chi connectivity index (χ1n) is 9.40. The van der Waals surface area contributed by atoms with Crippen molar-refractivity contribution in [1.29, 1.82) is 5.26 Å². The molecule has 0 saturated carbocycles. The number of hydrogen-bond donors (Lipinski definition) is 1. The van der Waals surface area contributed by atoms with Gasteiger partial charge in [0.05, 0.1) is 27.9 Å². The summed E-state index contributed by atoms with van der Waals surface area (Å²) in [5.74, 6) is -0.405. The van der Waals surface area contributed by atoms with Gasteiger partial charge < -0.3 is 9.88 Å². The van der Waals surface area contributed by atoms with Crippen LogP contribution in [0.5, 0.6) is 0 Å². The lowest BCUT2D eigenvalue weighted by Crippen LogP contribution is -2.51. The van der Waals surface area contributed by atoms with E-state index >= 15 is 0 Å². The second kappa shape index (κ2) is 8.66. The highest BCUT2D eigenvalue weighted by atomic mass is 32.2. The van der Waals surface area contributed by atoms with Crippen molar-refractivity contribution in [2.45, 2.75) is 69.7 Å². The zero-order valence-electron chi connectivity index (χ0n) is 17.1. The van der Waals surface area contributed by atoms with E-state index in [4.69, 9.17) is 0 Å². The molecule has 158 valence electrons. The van der Waals surface area contributed by atoms with Gasteiger partial charge in [-0.3, -0.25) is 4.79 Å². The minimum Gasteiger partial charge on any atom is -0.337 e. The second-order valence-corrected chi connectivity index (χ2v) is 8.77. The van der Waals surface area contributed by atoms with E-state index in [9.17, 15) is 23.2 Å². The first-order chi connectivity index (χ1) is 13.4. The summed E-state index contributed by atoms with van der Waals surface area (Å²) >= 11 is 1.17. The summed E-state index contributed by atoms with van der Waals surface area (Å²) in [5, 5.41) is 12.1. The molecule has 0 saturated heterocycles. The van der Waals surface area contributed by atoms with Gasteiger partial charge in [0.15, 0.2) is 5.16 Å². The molecule has 1 aromatic heterocycles. The summed E-state index contributed by atoms with van der Waals surface area (Å²) < 4.78 is 41.0. The quantitative estimate of drug-likeness (QED) is 0.633. The number of alkyl halides is 3. The number of hydrogen-bond acceptors (Lipinski definition) is 4. The van der Waals surface area contributed by atoms with Gasteiger partial charge in [-0.15, -0.1) is 0 Å². The third-order valence-corrected chi connectivity index (χ3v) is 6.00. The zero-order valence-corrected chi connectivity index (χ0v) is 17.9.